The van der Waals surface area contributed by atoms with E-state index in [0.29, 0.717) is 25.7 Å². The molecule has 100 heavy (non-hydrogen) atoms. The van der Waals surface area contributed by atoms with Gasteiger partial charge in [-0.05, 0) is 38.5 Å². The Balaban J connectivity index is -0.00000601. The van der Waals surface area contributed by atoms with Gasteiger partial charge in [-0.3, -0.25) is 38.8 Å². The lowest BCUT2D eigenvalue weighted by Gasteiger charge is -2.22. The van der Waals surface area contributed by atoms with Crippen molar-refractivity contribution in [3.05, 3.63) is 12.2 Å². The van der Waals surface area contributed by atoms with Gasteiger partial charge in [0.05, 0.1) is 0 Å². The summed E-state index contributed by atoms with van der Waals surface area (Å²) in [6.07, 6.45) is 48.3. The molecule has 0 heterocycles. The molecule has 0 rings (SSSR count). The summed E-state index contributed by atoms with van der Waals surface area (Å²) < 4.78 is 63.5. The first-order valence-electron chi connectivity index (χ1n) is 37.8. The van der Waals surface area contributed by atoms with Crippen LogP contribution in [0.5, 0.6) is 0 Å². The van der Waals surface area contributed by atoms with Crippen LogP contribution in [0.15, 0.2) is 22.1 Å². The molecule has 0 aliphatic rings. The number of hydrogen-bond donors (Lipinski definition) is 11. The zero-order chi connectivity index (χ0) is 75.3. The third-order valence-corrected chi connectivity index (χ3v) is 16.8. The van der Waals surface area contributed by atoms with E-state index in [9.17, 15) is 55.1 Å². The van der Waals surface area contributed by atoms with Gasteiger partial charge in [0.25, 0.3) is 0 Å². The van der Waals surface area contributed by atoms with Gasteiger partial charge in [-0.15, -0.1) is 0 Å². The maximum absolute atomic E-state index is 13.7. The quantitative estimate of drug-likeness (QED) is 0.00887. The average molecular weight is 1440 g/mol. The third kappa shape index (κ3) is 71.4. The normalized spacial score (nSPS) is 11.8. The molecule has 22 nitrogen and oxygen atoms in total. The van der Waals surface area contributed by atoms with Crippen molar-refractivity contribution in [1.82, 2.24) is 26.2 Å². The van der Waals surface area contributed by atoms with Gasteiger partial charge in [-0.2, -0.15) is 26.3 Å². The number of aliphatic imine (C=N–C) groups is 2. The molecule has 0 radical (unpaired) electrons. The summed E-state index contributed by atoms with van der Waals surface area (Å²) in [5.74, 6) is -8.61. The monoisotopic (exact) mass is 1440 g/mol. The highest BCUT2D eigenvalue weighted by molar-refractivity contribution is 5.99. The lowest BCUT2D eigenvalue weighted by Crippen LogP contribution is -2.52. The van der Waals surface area contributed by atoms with Crippen molar-refractivity contribution in [2.24, 2.45) is 38.7 Å². The SMILES string of the molecule is CCCCCCCCCCCCCCCCCCCCCCCC(=O)NCCN(CCNC(=O)CCCCCCCCCCCCCCCCCCCCCCC)C(=O)/C=C\C(=O)N[C@@H](CCCN=C(N)N)C(=O)N[C@@H](CCCN=C(N)N)C(N)=O.O=C(O)C(F)(F)F.O=C(O)C(F)(F)F. The Bertz CT molecular complexity index is 2100. The highest BCUT2D eigenvalue weighted by atomic mass is 19.4. The van der Waals surface area contributed by atoms with E-state index in [1.165, 1.54) is 236 Å². The van der Waals surface area contributed by atoms with Gasteiger partial charge in [0.15, 0.2) is 11.9 Å². The van der Waals surface area contributed by atoms with Crippen molar-refractivity contribution < 1.29 is 74.9 Å². The Labute approximate surface area is 594 Å². The molecule has 0 saturated heterocycles. The predicted molar refractivity (Wildman–Crippen MR) is 386 cm³/mol. The van der Waals surface area contributed by atoms with Gasteiger partial charge < -0.3 is 65.0 Å². The Morgan fingerprint density at radius 1 is 0.390 bits per heavy atom. The summed E-state index contributed by atoms with van der Waals surface area (Å²) in [7, 11) is 0. The van der Waals surface area contributed by atoms with E-state index in [1.807, 2.05) is 0 Å². The number of primary amides is 1. The minimum absolute atomic E-state index is 0.0834. The zero-order valence-corrected chi connectivity index (χ0v) is 61.1. The lowest BCUT2D eigenvalue weighted by molar-refractivity contribution is -0.193. The van der Waals surface area contributed by atoms with E-state index < -0.39 is 60.0 Å². The van der Waals surface area contributed by atoms with Crippen LogP contribution in [0.1, 0.15) is 322 Å². The molecule has 0 aromatic rings. The van der Waals surface area contributed by atoms with E-state index in [4.69, 9.17) is 48.5 Å². The van der Waals surface area contributed by atoms with Crippen molar-refractivity contribution >= 4 is 59.3 Å². The van der Waals surface area contributed by atoms with Crippen molar-refractivity contribution in [3.8, 4) is 0 Å². The number of nitrogens with two attached hydrogens (primary N) is 5. The lowest BCUT2D eigenvalue weighted by atomic mass is 10.0. The fraction of sp³-hybridized carbons (Fsp3) is 0.833. The fourth-order valence-electron chi connectivity index (χ4n) is 10.9. The van der Waals surface area contributed by atoms with Gasteiger partial charge in [-0.25, -0.2) is 9.59 Å². The molecule has 0 unspecified atom stereocenters. The molecule has 0 aliphatic heterocycles. The van der Waals surface area contributed by atoms with Gasteiger partial charge >= 0.3 is 24.3 Å². The molecule has 0 aromatic heterocycles. The number of halogens is 6. The van der Waals surface area contributed by atoms with Crippen LogP contribution in [-0.4, -0.2) is 138 Å². The van der Waals surface area contributed by atoms with Crippen molar-refractivity contribution in [2.45, 2.75) is 346 Å². The summed E-state index contributed by atoms with van der Waals surface area (Å²) >= 11 is 0. The highest BCUT2D eigenvalue weighted by Crippen LogP contribution is 2.19. The highest BCUT2D eigenvalue weighted by Gasteiger charge is 2.39. The molecule has 0 spiro atoms. The van der Waals surface area contributed by atoms with E-state index >= 15 is 0 Å². The number of unbranched alkanes of at least 4 members (excludes halogenated alkanes) is 40. The molecule has 0 aliphatic carbocycles. The summed E-state index contributed by atoms with van der Waals surface area (Å²) in [5.41, 5.74) is 27.3. The van der Waals surface area contributed by atoms with E-state index in [1.54, 1.807) is 0 Å². The number of nitrogens with one attached hydrogen (secondary N) is 4. The van der Waals surface area contributed by atoms with Crippen molar-refractivity contribution in [2.75, 3.05) is 39.3 Å². The minimum atomic E-state index is -5.08. The molecular formula is C72H134F6N12O10. The van der Waals surface area contributed by atoms with Crippen LogP contribution < -0.4 is 49.9 Å². The van der Waals surface area contributed by atoms with Crippen LogP contribution in [0.2, 0.25) is 0 Å². The Hall–Kier alpha value is -6.38. The number of carbonyl (C=O) groups is 8. The van der Waals surface area contributed by atoms with E-state index in [-0.39, 0.29) is 75.8 Å². The predicted octanol–water partition coefficient (Wildman–Crippen LogP) is 13.6. The first kappa shape index (κ1) is 97.8. The molecule has 0 fully saturated rings. The van der Waals surface area contributed by atoms with Crippen LogP contribution >= 0.6 is 0 Å². The van der Waals surface area contributed by atoms with E-state index in [2.05, 4.69) is 45.1 Å². The minimum Gasteiger partial charge on any atom is -0.475 e. The Morgan fingerprint density at radius 3 is 0.900 bits per heavy atom. The second kappa shape index (κ2) is 68.4. The number of aliphatic carboxylic acids is 2. The molecule has 0 bridgehead atoms. The Morgan fingerprint density at radius 2 is 0.650 bits per heavy atom. The number of guanidine groups is 2. The second-order valence-electron chi connectivity index (χ2n) is 26.0. The average Bonchev–Trinajstić information content (AvgIpc) is 0.896. The zero-order valence-electron chi connectivity index (χ0n) is 61.1. The molecule has 0 aromatic carbocycles. The van der Waals surface area contributed by atoms with Gasteiger partial charge in [-0.1, -0.05) is 271 Å². The number of alkyl halides is 6. The van der Waals surface area contributed by atoms with Crippen molar-refractivity contribution in [3.63, 3.8) is 0 Å². The molecular weight excluding hydrogens is 1310 g/mol. The largest absolute Gasteiger partial charge is 0.490 e. The Kier molecular flexibility index (Phi) is 66.9. The first-order valence-corrected chi connectivity index (χ1v) is 37.8. The maximum atomic E-state index is 13.7. The molecule has 16 N–H and O–H groups in total. The molecule has 2 atom stereocenters. The number of hydrogen-bond acceptors (Lipinski definition) is 10. The molecule has 0 saturated carbocycles. The van der Waals surface area contributed by atoms with Gasteiger partial charge in [0, 0.05) is 64.3 Å². The smallest absolute Gasteiger partial charge is 0.475 e. The summed E-state index contributed by atoms with van der Waals surface area (Å²) in [6.45, 7) is 5.64. The van der Waals surface area contributed by atoms with Crippen LogP contribution in [0.25, 0.3) is 0 Å². The molecule has 6 amide bonds. The summed E-state index contributed by atoms with van der Waals surface area (Å²) in [4.78, 5) is 106. The number of nitrogens with zero attached hydrogens (tertiary/aromatic N) is 3. The third-order valence-electron chi connectivity index (χ3n) is 16.8. The van der Waals surface area contributed by atoms with Crippen molar-refractivity contribution in [1.29, 1.82) is 0 Å². The fourth-order valence-corrected chi connectivity index (χ4v) is 10.9. The number of amides is 6. The van der Waals surface area contributed by atoms with E-state index in [0.717, 1.165) is 50.7 Å². The summed E-state index contributed by atoms with van der Waals surface area (Å²) in [6, 6.07) is -2.20. The topological polar surface area (TPSA) is 383 Å². The number of carboxylic acids is 2. The van der Waals surface area contributed by atoms with Gasteiger partial charge in [0.1, 0.15) is 12.1 Å². The number of carbonyl (C=O) groups excluding carboxylic acids is 6. The standard InChI is InChI=1S/C68H132N12O6.2C2HF3O2/c1-3-5-7-9-11-13-15-17-19-21-23-25-27-29-31-33-35-37-39-41-43-49-61(81)74-55-57-80(58-56-75-62(82)50-44-42-40-38-36-34-32-30-28-26-24-22-20-18-16-14-12-10-8-6-4-2)64(84)52-51-63(83)78-60(48-46-54-77-68(72)73)66(86)79-59(65(69)85)47-45-53-76-67(70)71;2*3-2(4,5)1(6)7/h51-52,59-60H,3-50,53-58H2,1-2H3,(H2,69,85)(H,74,81)(H,75,82)(H,78,83)(H,79,86)(H4,70,71,76)(H4,72,73,77);2*(H,6,7)/b52-51-;;/t59-,60-;;/m0../s1. The van der Waals surface area contributed by atoms with Gasteiger partial charge in [0.2, 0.25) is 35.4 Å². The first-order chi connectivity index (χ1) is 47.7. The molecule has 584 valence electrons. The molecule has 28 heteroatoms. The van der Waals surface area contributed by atoms with Crippen LogP contribution in [0.4, 0.5) is 26.3 Å². The summed E-state index contributed by atoms with van der Waals surface area (Å²) in [5, 5.41) is 25.4. The van der Waals surface area contributed by atoms with Crippen LogP contribution in [-0.2, 0) is 38.4 Å². The second-order valence-corrected chi connectivity index (χ2v) is 26.0. The number of rotatable bonds is 64. The number of carboxylic acid groups (broad SMARTS) is 2. The van der Waals surface area contributed by atoms with Crippen LogP contribution in [0.3, 0.4) is 0 Å². The maximum Gasteiger partial charge on any atom is 0.490 e. The van der Waals surface area contributed by atoms with Crippen LogP contribution in [0, 0.1) is 0 Å².